The van der Waals surface area contributed by atoms with Gasteiger partial charge in [0.1, 0.15) is 17.0 Å². The fraction of sp³-hybridized carbons (Fsp3) is 0.250. The number of aryl methyl sites for hydroxylation is 1. The molecule has 152 valence electrons. The third-order valence-corrected chi connectivity index (χ3v) is 3.64. The number of amides is 2. The van der Waals surface area contributed by atoms with E-state index in [9.17, 15) is 19.7 Å². The Morgan fingerprint density at radius 1 is 1.14 bits per heavy atom. The number of carbonyl (C=O) groups is 2. The highest BCUT2D eigenvalue weighted by molar-refractivity contribution is 6.07. The number of aliphatic imine (C=N–C) groups is 1. The highest BCUT2D eigenvalue weighted by atomic mass is 16.6. The molecule has 0 aliphatic carbocycles. The number of benzene rings is 2. The van der Waals surface area contributed by atoms with Gasteiger partial charge in [0.15, 0.2) is 0 Å². The summed E-state index contributed by atoms with van der Waals surface area (Å²) in [6.07, 6.45) is -0.806. The topological polar surface area (TPSA) is 137 Å². The number of hydrogen-bond acceptors (Lipinski definition) is 5. The molecule has 0 heterocycles. The van der Waals surface area contributed by atoms with E-state index in [2.05, 4.69) is 10.3 Å². The van der Waals surface area contributed by atoms with Crippen LogP contribution in [0.25, 0.3) is 0 Å². The summed E-state index contributed by atoms with van der Waals surface area (Å²) in [7, 11) is 0. The Morgan fingerprint density at radius 2 is 1.76 bits per heavy atom. The quantitative estimate of drug-likeness (QED) is 0.348. The molecule has 0 spiro atoms. The van der Waals surface area contributed by atoms with Crippen LogP contribution >= 0.6 is 0 Å². The molecule has 0 unspecified atom stereocenters. The standard InChI is InChI=1S/C20H22N4O5/c1-12-5-10-16(24(27)28)15(11-12)18(25)22-14-8-6-13(7-9-14)17(21)23-19(26)29-20(2,3)4/h5-11H,1-4H3,(H,22,25)(H2,21,23,26). The maximum Gasteiger partial charge on any atom is 0.436 e. The third-order valence-electron chi connectivity index (χ3n) is 3.64. The number of nitrogens with two attached hydrogens (primary N) is 1. The number of ether oxygens (including phenoxy) is 1. The number of anilines is 1. The summed E-state index contributed by atoms with van der Waals surface area (Å²) in [6.45, 7) is 6.88. The summed E-state index contributed by atoms with van der Waals surface area (Å²) in [6, 6.07) is 10.5. The maximum atomic E-state index is 12.5. The molecule has 0 saturated carbocycles. The molecular formula is C20H22N4O5. The van der Waals surface area contributed by atoms with Crippen molar-refractivity contribution in [1.82, 2.24) is 0 Å². The molecule has 0 aromatic heterocycles. The van der Waals surface area contributed by atoms with Gasteiger partial charge in [0.2, 0.25) is 0 Å². The summed E-state index contributed by atoms with van der Waals surface area (Å²) < 4.78 is 5.08. The molecule has 0 aliphatic heterocycles. The molecule has 2 aromatic carbocycles. The molecule has 3 N–H and O–H groups in total. The molecule has 0 saturated heterocycles. The van der Waals surface area contributed by atoms with Gasteiger partial charge in [-0.2, -0.15) is 4.99 Å². The Balaban J connectivity index is 2.15. The monoisotopic (exact) mass is 398 g/mol. The van der Waals surface area contributed by atoms with Crippen LogP contribution in [-0.4, -0.2) is 28.4 Å². The van der Waals surface area contributed by atoms with Gasteiger partial charge in [-0.3, -0.25) is 14.9 Å². The summed E-state index contributed by atoms with van der Waals surface area (Å²) in [5.74, 6) is -0.644. The van der Waals surface area contributed by atoms with Crippen LogP contribution in [0.15, 0.2) is 47.5 Å². The molecule has 9 nitrogen and oxygen atoms in total. The van der Waals surface area contributed by atoms with E-state index in [0.717, 1.165) is 5.56 Å². The van der Waals surface area contributed by atoms with Crippen molar-refractivity contribution in [3.05, 3.63) is 69.3 Å². The van der Waals surface area contributed by atoms with Gasteiger partial charge in [-0.25, -0.2) is 4.79 Å². The lowest BCUT2D eigenvalue weighted by molar-refractivity contribution is -0.385. The average Bonchev–Trinajstić information content (AvgIpc) is 2.60. The first-order chi connectivity index (χ1) is 13.5. The number of rotatable bonds is 4. The first-order valence-corrected chi connectivity index (χ1v) is 8.70. The van der Waals surface area contributed by atoms with Crippen LogP contribution in [0.3, 0.4) is 0 Å². The van der Waals surface area contributed by atoms with Crippen molar-refractivity contribution in [3.63, 3.8) is 0 Å². The van der Waals surface area contributed by atoms with Gasteiger partial charge in [0.05, 0.1) is 4.92 Å². The fourth-order valence-corrected chi connectivity index (χ4v) is 2.36. The first-order valence-electron chi connectivity index (χ1n) is 8.70. The molecule has 0 radical (unpaired) electrons. The highest BCUT2D eigenvalue weighted by Gasteiger charge is 2.20. The second kappa shape index (κ2) is 8.51. The van der Waals surface area contributed by atoms with E-state index in [1.807, 2.05) is 0 Å². The lowest BCUT2D eigenvalue weighted by Crippen LogP contribution is -2.24. The Bertz CT molecular complexity index is 975. The number of carbonyl (C=O) groups excluding carboxylic acids is 2. The van der Waals surface area contributed by atoms with Gasteiger partial charge < -0.3 is 15.8 Å². The number of hydrogen-bond donors (Lipinski definition) is 2. The summed E-state index contributed by atoms with van der Waals surface area (Å²) >= 11 is 0. The Hall–Kier alpha value is -3.75. The molecule has 0 fully saturated rings. The zero-order valence-corrected chi connectivity index (χ0v) is 16.6. The van der Waals surface area contributed by atoms with Crippen LogP contribution in [0, 0.1) is 17.0 Å². The zero-order chi connectivity index (χ0) is 21.8. The SMILES string of the molecule is Cc1ccc([N+](=O)[O-])c(C(=O)Nc2ccc(/C(N)=N/C(=O)OC(C)(C)C)cc2)c1. The fourth-order valence-electron chi connectivity index (χ4n) is 2.36. The second-order valence-electron chi connectivity index (χ2n) is 7.29. The molecule has 2 amide bonds. The van der Waals surface area contributed by atoms with Gasteiger partial charge in [-0.05, 0) is 63.6 Å². The van der Waals surface area contributed by atoms with Crippen molar-refractivity contribution in [3.8, 4) is 0 Å². The Morgan fingerprint density at radius 3 is 2.31 bits per heavy atom. The Labute approximate surface area is 167 Å². The van der Waals surface area contributed by atoms with E-state index in [0.29, 0.717) is 11.3 Å². The highest BCUT2D eigenvalue weighted by Crippen LogP contribution is 2.21. The molecule has 0 aliphatic rings. The normalized spacial score (nSPS) is 11.7. The van der Waals surface area contributed by atoms with Crippen molar-refractivity contribution in [2.45, 2.75) is 33.3 Å². The van der Waals surface area contributed by atoms with Gasteiger partial charge in [-0.1, -0.05) is 6.07 Å². The molecule has 29 heavy (non-hydrogen) atoms. The van der Waals surface area contributed by atoms with E-state index in [1.54, 1.807) is 58.0 Å². The summed E-state index contributed by atoms with van der Waals surface area (Å²) in [5.41, 5.74) is 6.39. The molecule has 2 aromatic rings. The van der Waals surface area contributed by atoms with Crippen molar-refractivity contribution < 1.29 is 19.2 Å². The lowest BCUT2D eigenvalue weighted by atomic mass is 10.1. The largest absolute Gasteiger partial charge is 0.442 e. The van der Waals surface area contributed by atoms with Crippen molar-refractivity contribution in [1.29, 1.82) is 0 Å². The number of nitrogens with one attached hydrogen (secondary N) is 1. The van der Waals surface area contributed by atoms with Gasteiger partial charge in [0, 0.05) is 17.3 Å². The predicted molar refractivity (Wildman–Crippen MR) is 109 cm³/mol. The van der Waals surface area contributed by atoms with E-state index in [-0.39, 0.29) is 17.1 Å². The Kier molecular flexibility index (Phi) is 6.32. The second-order valence-corrected chi connectivity index (χ2v) is 7.29. The molecule has 9 heteroatoms. The average molecular weight is 398 g/mol. The van der Waals surface area contributed by atoms with E-state index in [1.165, 1.54) is 12.1 Å². The zero-order valence-electron chi connectivity index (χ0n) is 16.6. The van der Waals surface area contributed by atoms with Gasteiger partial charge in [-0.15, -0.1) is 0 Å². The predicted octanol–water partition coefficient (Wildman–Crippen LogP) is 3.80. The van der Waals surface area contributed by atoms with Gasteiger partial charge >= 0.3 is 6.09 Å². The van der Waals surface area contributed by atoms with Crippen LogP contribution in [0.1, 0.15) is 42.3 Å². The minimum atomic E-state index is -0.806. The summed E-state index contributed by atoms with van der Waals surface area (Å²) in [5, 5.41) is 13.7. The molecule has 0 atom stereocenters. The van der Waals surface area contributed by atoms with Crippen LogP contribution in [-0.2, 0) is 4.74 Å². The van der Waals surface area contributed by atoms with Crippen LogP contribution in [0.4, 0.5) is 16.2 Å². The lowest BCUT2D eigenvalue weighted by Gasteiger charge is -2.17. The van der Waals surface area contributed by atoms with Crippen LogP contribution in [0.2, 0.25) is 0 Å². The third kappa shape index (κ3) is 6.13. The number of nitro benzene ring substituents is 1. The van der Waals surface area contributed by atoms with E-state index in [4.69, 9.17) is 10.5 Å². The molecule has 2 rings (SSSR count). The molecule has 0 bridgehead atoms. The number of nitro groups is 1. The number of amidine groups is 1. The first kappa shape index (κ1) is 21.5. The van der Waals surface area contributed by atoms with Crippen molar-refractivity contribution >= 4 is 29.2 Å². The smallest absolute Gasteiger partial charge is 0.436 e. The van der Waals surface area contributed by atoms with Crippen molar-refractivity contribution in [2.24, 2.45) is 10.7 Å². The van der Waals surface area contributed by atoms with E-state index >= 15 is 0 Å². The minimum Gasteiger partial charge on any atom is -0.442 e. The van der Waals surface area contributed by atoms with Crippen LogP contribution in [0.5, 0.6) is 0 Å². The summed E-state index contributed by atoms with van der Waals surface area (Å²) in [4.78, 5) is 38.4. The van der Waals surface area contributed by atoms with Crippen LogP contribution < -0.4 is 11.1 Å². The van der Waals surface area contributed by atoms with Crippen molar-refractivity contribution in [2.75, 3.05) is 5.32 Å². The number of nitrogens with zero attached hydrogens (tertiary/aromatic N) is 2. The van der Waals surface area contributed by atoms with Gasteiger partial charge in [0.25, 0.3) is 11.6 Å². The molecular weight excluding hydrogens is 376 g/mol. The maximum absolute atomic E-state index is 12.5. The minimum absolute atomic E-state index is 0.0357. The van der Waals surface area contributed by atoms with E-state index < -0.39 is 22.5 Å².